The quantitative estimate of drug-likeness (QED) is 0.366. The summed E-state index contributed by atoms with van der Waals surface area (Å²) in [4.78, 5) is 9.24. The molecular weight excluding hydrogens is 374 g/mol. The van der Waals surface area contributed by atoms with Crippen LogP contribution >= 0.6 is 0 Å². The van der Waals surface area contributed by atoms with Crippen LogP contribution in [0.1, 0.15) is 19.4 Å². The lowest BCUT2D eigenvalue weighted by atomic mass is 10.2. The summed E-state index contributed by atoms with van der Waals surface area (Å²) in [5.74, 6) is 0.954. The number of aliphatic imine (C=N–C) groups is 1. The van der Waals surface area contributed by atoms with Crippen molar-refractivity contribution in [2.24, 2.45) is 4.99 Å². The van der Waals surface area contributed by atoms with Gasteiger partial charge in [-0.2, -0.15) is 0 Å². The van der Waals surface area contributed by atoms with Crippen LogP contribution < -0.4 is 10.0 Å². The number of nitrogens with zero attached hydrogens (tertiary/aromatic N) is 3. The van der Waals surface area contributed by atoms with Crippen LogP contribution in [-0.4, -0.2) is 82.3 Å². The predicted molar refractivity (Wildman–Crippen MR) is 117 cm³/mol. The second-order valence-electron chi connectivity index (χ2n) is 6.63. The maximum Gasteiger partial charge on any atom is 0.211 e. The number of guanidine groups is 1. The van der Waals surface area contributed by atoms with E-state index < -0.39 is 10.0 Å². The molecule has 1 aliphatic heterocycles. The van der Waals surface area contributed by atoms with Crippen molar-refractivity contribution >= 4 is 22.1 Å². The third-order valence-electron chi connectivity index (χ3n) is 4.56. The van der Waals surface area contributed by atoms with Gasteiger partial charge in [-0.15, -0.1) is 0 Å². The van der Waals surface area contributed by atoms with Gasteiger partial charge in [0.1, 0.15) is 0 Å². The fourth-order valence-electron chi connectivity index (χ4n) is 2.94. The number of hydrogen-bond donors (Lipinski definition) is 2. The average molecular weight is 408 g/mol. The van der Waals surface area contributed by atoms with Crippen LogP contribution in [0.4, 0.5) is 0 Å². The lowest BCUT2D eigenvalue weighted by molar-refractivity contribution is 0.194. The molecule has 1 saturated heterocycles. The van der Waals surface area contributed by atoms with Crippen molar-refractivity contribution in [3.8, 4) is 0 Å². The van der Waals surface area contributed by atoms with Gasteiger partial charge in [-0.1, -0.05) is 42.5 Å². The van der Waals surface area contributed by atoms with E-state index in [4.69, 9.17) is 0 Å². The Kier molecular flexibility index (Phi) is 9.46. The van der Waals surface area contributed by atoms with Crippen molar-refractivity contribution in [2.75, 3.05) is 58.1 Å². The average Bonchev–Trinajstić information content (AvgIpc) is 2.72. The van der Waals surface area contributed by atoms with Gasteiger partial charge in [0.15, 0.2) is 5.96 Å². The molecule has 1 heterocycles. The fourth-order valence-corrected chi connectivity index (χ4v) is 3.54. The Morgan fingerprint density at radius 2 is 1.86 bits per heavy atom. The van der Waals surface area contributed by atoms with Crippen LogP contribution in [0.25, 0.3) is 6.08 Å². The Bertz CT molecular complexity index is 726. The smallest absolute Gasteiger partial charge is 0.211 e. The highest BCUT2D eigenvalue weighted by atomic mass is 32.2. The van der Waals surface area contributed by atoms with Crippen LogP contribution in [-0.2, 0) is 10.0 Å². The van der Waals surface area contributed by atoms with Crippen LogP contribution in [0.3, 0.4) is 0 Å². The van der Waals surface area contributed by atoms with E-state index in [-0.39, 0.29) is 5.75 Å². The number of nitrogens with one attached hydrogen (secondary N) is 2. The van der Waals surface area contributed by atoms with Gasteiger partial charge in [-0.25, -0.2) is 13.1 Å². The summed E-state index contributed by atoms with van der Waals surface area (Å²) in [5.41, 5.74) is 1.22. The first-order chi connectivity index (χ1) is 13.5. The summed E-state index contributed by atoms with van der Waals surface area (Å²) < 4.78 is 25.5. The maximum atomic E-state index is 11.5. The zero-order valence-electron chi connectivity index (χ0n) is 17.0. The van der Waals surface area contributed by atoms with Crippen molar-refractivity contribution in [1.29, 1.82) is 0 Å². The largest absolute Gasteiger partial charge is 0.357 e. The van der Waals surface area contributed by atoms with E-state index in [2.05, 4.69) is 49.1 Å². The Hall–Kier alpha value is -1.90. The lowest BCUT2D eigenvalue weighted by Gasteiger charge is -2.36. The molecule has 7 nitrogen and oxygen atoms in total. The van der Waals surface area contributed by atoms with Crippen molar-refractivity contribution in [3.05, 3.63) is 42.0 Å². The first-order valence-electron chi connectivity index (χ1n) is 9.98. The minimum Gasteiger partial charge on any atom is -0.357 e. The summed E-state index contributed by atoms with van der Waals surface area (Å²) in [7, 11) is -3.16. The summed E-state index contributed by atoms with van der Waals surface area (Å²) in [6.07, 6.45) is 4.37. The zero-order valence-corrected chi connectivity index (χ0v) is 17.8. The van der Waals surface area contributed by atoms with Gasteiger partial charge in [0, 0.05) is 45.8 Å². The summed E-state index contributed by atoms with van der Waals surface area (Å²) in [6, 6.07) is 10.3. The second-order valence-corrected chi connectivity index (χ2v) is 8.73. The highest BCUT2D eigenvalue weighted by Crippen LogP contribution is 2.05. The van der Waals surface area contributed by atoms with Crippen molar-refractivity contribution < 1.29 is 8.42 Å². The molecular formula is C20H33N5O2S. The lowest BCUT2D eigenvalue weighted by Crippen LogP contribution is -2.52. The summed E-state index contributed by atoms with van der Waals surface area (Å²) in [6.45, 7) is 9.94. The van der Waals surface area contributed by atoms with Gasteiger partial charge in [-0.05, 0) is 19.4 Å². The SMILES string of the molecule is CCNC(=NCCNS(=O)(=O)CC)N1CCN(C/C=C/c2ccccc2)CC1. The fraction of sp³-hybridized carbons (Fsp3) is 0.550. The van der Waals surface area contributed by atoms with Gasteiger partial charge in [0.2, 0.25) is 10.0 Å². The minimum absolute atomic E-state index is 0.0947. The Morgan fingerprint density at radius 1 is 1.14 bits per heavy atom. The molecule has 28 heavy (non-hydrogen) atoms. The summed E-state index contributed by atoms with van der Waals surface area (Å²) >= 11 is 0. The number of benzene rings is 1. The minimum atomic E-state index is -3.16. The molecule has 2 rings (SSSR count). The molecule has 156 valence electrons. The Morgan fingerprint density at radius 3 is 2.50 bits per heavy atom. The van der Waals surface area contributed by atoms with E-state index in [0.717, 1.165) is 45.2 Å². The molecule has 0 atom stereocenters. The predicted octanol–water partition coefficient (Wildman–Crippen LogP) is 1.22. The number of piperazine rings is 1. The Labute approximate surface area is 169 Å². The number of sulfonamides is 1. The topological polar surface area (TPSA) is 77.0 Å². The van der Waals surface area contributed by atoms with Crippen LogP contribution in [0, 0.1) is 0 Å². The molecule has 1 fully saturated rings. The van der Waals surface area contributed by atoms with Crippen molar-refractivity contribution in [3.63, 3.8) is 0 Å². The van der Waals surface area contributed by atoms with E-state index in [0.29, 0.717) is 13.1 Å². The maximum absolute atomic E-state index is 11.5. The van der Waals surface area contributed by atoms with E-state index in [1.165, 1.54) is 5.56 Å². The molecule has 2 N–H and O–H groups in total. The van der Waals surface area contributed by atoms with E-state index >= 15 is 0 Å². The molecule has 0 bridgehead atoms. The van der Waals surface area contributed by atoms with Crippen LogP contribution in [0.15, 0.2) is 41.4 Å². The monoisotopic (exact) mass is 407 g/mol. The molecule has 0 saturated carbocycles. The third kappa shape index (κ3) is 8.00. The normalized spacial score (nSPS) is 16.6. The van der Waals surface area contributed by atoms with Crippen molar-refractivity contribution in [2.45, 2.75) is 13.8 Å². The molecule has 8 heteroatoms. The molecule has 0 unspecified atom stereocenters. The molecule has 1 aromatic rings. The zero-order chi connectivity index (χ0) is 20.2. The first kappa shape index (κ1) is 22.4. The van der Waals surface area contributed by atoms with Gasteiger partial charge in [0.25, 0.3) is 0 Å². The van der Waals surface area contributed by atoms with Crippen LogP contribution in [0.5, 0.6) is 0 Å². The number of rotatable bonds is 9. The van der Waals surface area contributed by atoms with E-state index in [1.807, 2.05) is 25.1 Å². The first-order valence-corrected chi connectivity index (χ1v) is 11.6. The van der Waals surface area contributed by atoms with Gasteiger partial charge < -0.3 is 10.2 Å². The van der Waals surface area contributed by atoms with Crippen LogP contribution in [0.2, 0.25) is 0 Å². The van der Waals surface area contributed by atoms with Gasteiger partial charge >= 0.3 is 0 Å². The standard InChI is InChI=1S/C20H33N5O2S/c1-3-21-20(22-12-13-23-28(26,27)4-2)25-17-15-24(16-18-25)14-8-11-19-9-6-5-7-10-19/h5-11,23H,3-4,12-18H2,1-2H3,(H,21,22)/b11-8+. The van der Waals surface area contributed by atoms with E-state index in [9.17, 15) is 8.42 Å². The molecule has 0 radical (unpaired) electrons. The highest BCUT2D eigenvalue weighted by Gasteiger charge is 2.18. The Balaban J connectivity index is 1.78. The molecule has 0 aliphatic carbocycles. The summed E-state index contributed by atoms with van der Waals surface area (Å²) in [5, 5.41) is 3.31. The molecule has 0 aromatic heterocycles. The van der Waals surface area contributed by atoms with Gasteiger partial charge in [0.05, 0.1) is 12.3 Å². The van der Waals surface area contributed by atoms with Gasteiger partial charge in [-0.3, -0.25) is 9.89 Å². The molecule has 0 spiro atoms. The van der Waals surface area contributed by atoms with E-state index in [1.54, 1.807) is 6.92 Å². The van der Waals surface area contributed by atoms with Crippen molar-refractivity contribution in [1.82, 2.24) is 19.8 Å². The highest BCUT2D eigenvalue weighted by molar-refractivity contribution is 7.89. The molecule has 1 aromatic carbocycles. The second kappa shape index (κ2) is 11.8. The molecule has 0 amide bonds. The third-order valence-corrected chi connectivity index (χ3v) is 5.96. The molecule has 1 aliphatic rings. The number of hydrogen-bond acceptors (Lipinski definition) is 4.